The molecule has 0 aliphatic carbocycles. The molecule has 0 aliphatic heterocycles. The van der Waals surface area contributed by atoms with Gasteiger partial charge in [0.1, 0.15) is 5.75 Å². The second-order valence-corrected chi connectivity index (χ2v) is 9.45. The number of hydrogen-bond acceptors (Lipinski definition) is 6. The van der Waals surface area contributed by atoms with E-state index in [-0.39, 0.29) is 12.5 Å². The monoisotopic (exact) mass is 474 g/mol. The van der Waals surface area contributed by atoms with E-state index < -0.39 is 16.1 Å². The summed E-state index contributed by atoms with van der Waals surface area (Å²) in [5, 5.41) is 13.3. The average molecular weight is 475 g/mol. The first-order valence-corrected chi connectivity index (χ1v) is 12.7. The number of nitrogens with one attached hydrogen (secondary N) is 1. The molecular weight excluding hydrogens is 444 g/mol. The van der Waals surface area contributed by atoms with E-state index in [9.17, 15) is 13.2 Å². The van der Waals surface area contributed by atoms with Gasteiger partial charge in [-0.3, -0.25) is 4.79 Å². The van der Waals surface area contributed by atoms with Crippen molar-refractivity contribution in [2.75, 3.05) is 24.7 Å². The average Bonchev–Trinajstić information content (AvgIpc) is 3.13. The van der Waals surface area contributed by atoms with Crippen LogP contribution in [0.4, 0.5) is 5.69 Å². The molecule has 0 radical (unpaired) electrons. The zero-order valence-corrected chi connectivity index (χ0v) is 19.7. The summed E-state index contributed by atoms with van der Waals surface area (Å²) in [6.07, 6.45) is 4.15. The topological polar surface area (TPSA) is 107 Å². The molecule has 2 aromatic carbocycles. The maximum atomic E-state index is 11.3. The van der Waals surface area contributed by atoms with Gasteiger partial charge in [-0.25, -0.2) is 0 Å². The predicted octanol–water partition coefficient (Wildman–Crippen LogP) is 3.90. The number of anilines is 1. The molecule has 1 aromatic heterocycles. The number of carbonyl (C=O) groups is 1. The number of aryl methyl sites for hydroxylation is 1. The molecule has 0 aliphatic rings. The number of carboxylic acid groups (broad SMARTS) is 1. The molecule has 3 rings (SSSR count). The Bertz CT molecular complexity index is 1170. The van der Waals surface area contributed by atoms with Crippen LogP contribution in [-0.2, 0) is 32.6 Å². The number of hydrogen-bond donors (Lipinski definition) is 2. The predicted molar refractivity (Wildman–Crippen MR) is 128 cm³/mol. The van der Waals surface area contributed by atoms with Gasteiger partial charge in [0.2, 0.25) is 0 Å². The van der Waals surface area contributed by atoms with Crippen LogP contribution in [0, 0.1) is 0 Å². The molecule has 1 atom stereocenters. The zero-order valence-electron chi connectivity index (χ0n) is 18.9. The van der Waals surface area contributed by atoms with Crippen molar-refractivity contribution in [1.29, 1.82) is 0 Å². The van der Waals surface area contributed by atoms with Crippen LogP contribution in [0.1, 0.15) is 25.3 Å². The number of nitrogens with zero attached hydrogens (tertiary/aromatic N) is 1. The van der Waals surface area contributed by atoms with Gasteiger partial charge in [-0.05, 0) is 61.7 Å². The highest BCUT2D eigenvalue weighted by molar-refractivity contribution is 7.86. The van der Waals surface area contributed by atoms with Crippen LogP contribution in [0.5, 0.6) is 5.75 Å². The van der Waals surface area contributed by atoms with Crippen molar-refractivity contribution in [2.45, 2.75) is 38.8 Å². The van der Waals surface area contributed by atoms with E-state index >= 15 is 0 Å². The van der Waals surface area contributed by atoms with Gasteiger partial charge in [-0.1, -0.05) is 12.1 Å². The Labute approximate surface area is 194 Å². The van der Waals surface area contributed by atoms with E-state index in [0.717, 1.165) is 47.9 Å². The third-order valence-electron chi connectivity index (χ3n) is 5.12. The van der Waals surface area contributed by atoms with Gasteiger partial charge >= 0.3 is 16.1 Å². The SMILES string of the molecule is CCO[C@H](CC(=O)O)Cc1ccc(NCCCn2ccc3cc(OS(C)(=O)=O)ccc32)cc1. The summed E-state index contributed by atoms with van der Waals surface area (Å²) in [7, 11) is -3.54. The highest BCUT2D eigenvalue weighted by atomic mass is 32.2. The van der Waals surface area contributed by atoms with Crippen molar-refractivity contribution in [3.63, 3.8) is 0 Å². The summed E-state index contributed by atoms with van der Waals surface area (Å²) < 4.78 is 35.2. The third kappa shape index (κ3) is 7.80. The van der Waals surface area contributed by atoms with E-state index in [1.807, 2.05) is 49.5 Å². The first kappa shape index (κ1) is 24.6. The van der Waals surface area contributed by atoms with Crippen LogP contribution in [0.3, 0.4) is 0 Å². The fourth-order valence-corrected chi connectivity index (χ4v) is 4.18. The Morgan fingerprint density at radius 2 is 1.91 bits per heavy atom. The molecule has 2 N–H and O–H groups in total. The van der Waals surface area contributed by atoms with E-state index in [1.165, 1.54) is 0 Å². The Morgan fingerprint density at radius 1 is 1.15 bits per heavy atom. The minimum absolute atomic E-state index is 0.00599. The number of ether oxygens (including phenoxy) is 1. The van der Waals surface area contributed by atoms with E-state index in [2.05, 4.69) is 9.88 Å². The van der Waals surface area contributed by atoms with E-state index in [4.69, 9.17) is 14.0 Å². The van der Waals surface area contributed by atoms with Crippen molar-refractivity contribution < 1.29 is 27.2 Å². The summed E-state index contributed by atoms with van der Waals surface area (Å²) >= 11 is 0. The molecule has 0 unspecified atom stereocenters. The molecule has 33 heavy (non-hydrogen) atoms. The van der Waals surface area contributed by atoms with Crippen LogP contribution in [0.25, 0.3) is 10.9 Å². The standard InChI is InChI=1S/C24H30N2O6S/c1-3-31-22(17-24(27)28)15-18-5-7-20(8-6-18)25-12-4-13-26-14-11-19-16-21(9-10-23(19)26)32-33(2,29)30/h5-11,14,16,22,25H,3-4,12-13,15,17H2,1-2H3,(H,27,28)/t22-/m0/s1. The van der Waals surface area contributed by atoms with E-state index in [1.54, 1.807) is 12.1 Å². The van der Waals surface area contributed by atoms with Crippen LogP contribution in [0.2, 0.25) is 0 Å². The molecule has 0 spiro atoms. The summed E-state index contributed by atoms with van der Waals surface area (Å²) in [5.74, 6) is -0.548. The molecule has 3 aromatic rings. The van der Waals surface area contributed by atoms with Crippen LogP contribution >= 0.6 is 0 Å². The molecule has 1 heterocycles. The number of benzene rings is 2. The Kier molecular flexibility index (Phi) is 8.35. The maximum Gasteiger partial charge on any atom is 0.306 e. The molecule has 0 saturated carbocycles. The van der Waals surface area contributed by atoms with E-state index in [0.29, 0.717) is 18.8 Å². The summed E-state index contributed by atoms with van der Waals surface area (Å²) in [6, 6.07) is 15.2. The summed E-state index contributed by atoms with van der Waals surface area (Å²) in [5.41, 5.74) is 3.06. The number of aromatic nitrogens is 1. The molecule has 0 saturated heterocycles. The first-order valence-electron chi connectivity index (χ1n) is 10.9. The van der Waals surface area contributed by atoms with Gasteiger partial charge in [-0.15, -0.1) is 0 Å². The van der Waals surface area contributed by atoms with Gasteiger partial charge in [0, 0.05) is 42.5 Å². The fraction of sp³-hybridized carbons (Fsp3) is 0.375. The molecule has 8 nitrogen and oxygen atoms in total. The minimum Gasteiger partial charge on any atom is -0.481 e. The number of carboxylic acids is 1. The fourth-order valence-electron chi connectivity index (χ4n) is 3.72. The Hall–Kier alpha value is -3.04. The minimum atomic E-state index is -3.54. The van der Waals surface area contributed by atoms with Gasteiger partial charge < -0.3 is 23.9 Å². The van der Waals surface area contributed by atoms with Crippen molar-refractivity contribution >= 4 is 32.7 Å². The summed E-state index contributed by atoms with van der Waals surface area (Å²) in [4.78, 5) is 11.0. The number of fused-ring (bicyclic) bond motifs is 1. The smallest absolute Gasteiger partial charge is 0.306 e. The van der Waals surface area contributed by atoms with Crippen molar-refractivity contribution in [3.8, 4) is 5.75 Å². The second-order valence-electron chi connectivity index (χ2n) is 7.87. The number of rotatable bonds is 13. The largest absolute Gasteiger partial charge is 0.481 e. The third-order valence-corrected chi connectivity index (χ3v) is 5.61. The summed E-state index contributed by atoms with van der Waals surface area (Å²) in [6.45, 7) is 3.95. The first-order chi connectivity index (χ1) is 15.7. The van der Waals surface area contributed by atoms with Gasteiger partial charge in [0.25, 0.3) is 0 Å². The molecule has 178 valence electrons. The van der Waals surface area contributed by atoms with Crippen molar-refractivity contribution in [2.24, 2.45) is 0 Å². The second kappa shape index (κ2) is 11.2. The lowest BCUT2D eigenvalue weighted by Gasteiger charge is -2.15. The molecule has 0 bridgehead atoms. The van der Waals surface area contributed by atoms with Crippen molar-refractivity contribution in [1.82, 2.24) is 4.57 Å². The number of aliphatic carboxylic acids is 1. The lowest BCUT2D eigenvalue weighted by molar-refractivity contribution is -0.140. The highest BCUT2D eigenvalue weighted by Gasteiger charge is 2.14. The van der Waals surface area contributed by atoms with Crippen LogP contribution < -0.4 is 9.50 Å². The zero-order chi connectivity index (χ0) is 23.8. The molecule has 0 fully saturated rings. The van der Waals surface area contributed by atoms with Crippen LogP contribution in [-0.4, -0.2) is 49.6 Å². The van der Waals surface area contributed by atoms with Crippen molar-refractivity contribution in [3.05, 3.63) is 60.3 Å². The molecule has 0 amide bonds. The van der Waals surface area contributed by atoms with Gasteiger partial charge in [-0.2, -0.15) is 8.42 Å². The van der Waals surface area contributed by atoms with Gasteiger partial charge in [0.15, 0.2) is 0 Å². The van der Waals surface area contributed by atoms with Gasteiger partial charge in [0.05, 0.1) is 18.8 Å². The van der Waals surface area contributed by atoms with Crippen LogP contribution in [0.15, 0.2) is 54.7 Å². The normalized spacial score (nSPS) is 12.5. The quantitative estimate of drug-likeness (QED) is 0.286. The Morgan fingerprint density at radius 3 is 2.58 bits per heavy atom. The molecule has 9 heteroatoms. The maximum absolute atomic E-state index is 11.3. The lowest BCUT2D eigenvalue weighted by atomic mass is 10.1. The highest BCUT2D eigenvalue weighted by Crippen LogP contribution is 2.23. The lowest BCUT2D eigenvalue weighted by Crippen LogP contribution is -2.20. The molecular formula is C24H30N2O6S. The Balaban J connectivity index is 1.48.